The van der Waals surface area contributed by atoms with Crippen molar-refractivity contribution in [1.82, 2.24) is 0 Å². The van der Waals surface area contributed by atoms with Crippen molar-refractivity contribution in [2.24, 2.45) is 17.6 Å². The summed E-state index contributed by atoms with van der Waals surface area (Å²) < 4.78 is 0. The van der Waals surface area contributed by atoms with E-state index < -0.39 is 0 Å². The van der Waals surface area contributed by atoms with Crippen LogP contribution < -0.4 is 5.73 Å². The lowest BCUT2D eigenvalue weighted by Crippen LogP contribution is -2.13. The Kier molecular flexibility index (Phi) is 3.55. The standard InChI is InChI=1S/C8H17N/c1-6(2)8(4)7(3)5-9/h6,8H,3,5,9H2,1-2,4H3. The molecule has 0 saturated carbocycles. The Bertz CT molecular complexity index is 94.7. The van der Waals surface area contributed by atoms with Gasteiger partial charge in [-0.15, -0.1) is 0 Å². The highest BCUT2D eigenvalue weighted by atomic mass is 14.5. The van der Waals surface area contributed by atoms with Gasteiger partial charge in [-0.25, -0.2) is 0 Å². The zero-order valence-corrected chi connectivity index (χ0v) is 6.65. The molecule has 9 heavy (non-hydrogen) atoms. The first kappa shape index (κ1) is 8.70. The lowest BCUT2D eigenvalue weighted by molar-refractivity contribution is 0.476. The van der Waals surface area contributed by atoms with Crippen LogP contribution >= 0.6 is 0 Å². The Labute approximate surface area is 57.9 Å². The fourth-order valence-electron chi connectivity index (χ4n) is 0.657. The maximum absolute atomic E-state index is 5.41. The normalized spacial score (nSPS) is 13.9. The van der Waals surface area contributed by atoms with Gasteiger partial charge in [0.15, 0.2) is 0 Å². The Hall–Kier alpha value is -0.300. The van der Waals surface area contributed by atoms with Gasteiger partial charge < -0.3 is 5.73 Å². The molecule has 0 aromatic carbocycles. The van der Waals surface area contributed by atoms with Gasteiger partial charge >= 0.3 is 0 Å². The summed E-state index contributed by atoms with van der Waals surface area (Å²) in [7, 11) is 0. The van der Waals surface area contributed by atoms with Crippen LogP contribution in [0.1, 0.15) is 20.8 Å². The predicted molar refractivity (Wildman–Crippen MR) is 42.2 cm³/mol. The molecule has 0 aliphatic heterocycles. The number of hydrogen-bond acceptors (Lipinski definition) is 1. The largest absolute Gasteiger partial charge is 0.327 e. The minimum Gasteiger partial charge on any atom is -0.327 e. The molecule has 0 aliphatic rings. The first-order chi connectivity index (χ1) is 4.09. The van der Waals surface area contributed by atoms with Crippen LogP contribution in [0.25, 0.3) is 0 Å². The molecule has 0 aliphatic carbocycles. The highest BCUT2D eigenvalue weighted by Gasteiger charge is 2.08. The topological polar surface area (TPSA) is 26.0 Å². The van der Waals surface area contributed by atoms with Crippen molar-refractivity contribution in [3.05, 3.63) is 12.2 Å². The summed E-state index contributed by atoms with van der Waals surface area (Å²) in [6.45, 7) is 11.0. The smallest absolute Gasteiger partial charge is 0.0136 e. The third-order valence-corrected chi connectivity index (χ3v) is 1.91. The molecule has 0 aromatic heterocycles. The van der Waals surface area contributed by atoms with Gasteiger partial charge in [0.05, 0.1) is 0 Å². The molecule has 1 atom stereocenters. The van der Waals surface area contributed by atoms with E-state index in [9.17, 15) is 0 Å². The lowest BCUT2D eigenvalue weighted by atomic mass is 9.91. The lowest BCUT2D eigenvalue weighted by Gasteiger charge is -2.16. The summed E-state index contributed by atoms with van der Waals surface area (Å²) in [4.78, 5) is 0. The number of rotatable bonds is 3. The van der Waals surface area contributed by atoms with Crippen molar-refractivity contribution < 1.29 is 0 Å². The van der Waals surface area contributed by atoms with Crippen molar-refractivity contribution in [1.29, 1.82) is 0 Å². The van der Waals surface area contributed by atoms with Crippen molar-refractivity contribution in [2.45, 2.75) is 20.8 Å². The van der Waals surface area contributed by atoms with E-state index in [1.54, 1.807) is 0 Å². The Morgan fingerprint density at radius 3 is 2.00 bits per heavy atom. The van der Waals surface area contributed by atoms with Crippen LogP contribution in [0, 0.1) is 11.8 Å². The fraction of sp³-hybridized carbons (Fsp3) is 0.750. The molecule has 2 N–H and O–H groups in total. The zero-order chi connectivity index (χ0) is 7.44. The van der Waals surface area contributed by atoms with Gasteiger partial charge in [0.1, 0.15) is 0 Å². The van der Waals surface area contributed by atoms with E-state index in [2.05, 4.69) is 27.4 Å². The molecule has 54 valence electrons. The highest BCUT2D eigenvalue weighted by Crippen LogP contribution is 2.16. The molecule has 0 radical (unpaired) electrons. The van der Waals surface area contributed by atoms with Gasteiger partial charge in [0.25, 0.3) is 0 Å². The van der Waals surface area contributed by atoms with Crippen molar-refractivity contribution in [3.63, 3.8) is 0 Å². The highest BCUT2D eigenvalue weighted by molar-refractivity contribution is 5.01. The Morgan fingerprint density at radius 1 is 1.44 bits per heavy atom. The summed E-state index contributed by atoms with van der Waals surface area (Å²) in [5.74, 6) is 1.23. The molecule has 0 amide bonds. The number of hydrogen-bond donors (Lipinski definition) is 1. The van der Waals surface area contributed by atoms with Crippen molar-refractivity contribution in [2.75, 3.05) is 6.54 Å². The van der Waals surface area contributed by atoms with Crippen molar-refractivity contribution >= 4 is 0 Å². The summed E-state index contributed by atoms with van der Waals surface area (Å²) in [6.07, 6.45) is 0. The zero-order valence-electron chi connectivity index (χ0n) is 6.65. The summed E-state index contributed by atoms with van der Waals surface area (Å²) in [5, 5.41) is 0. The van der Waals surface area contributed by atoms with E-state index in [1.165, 1.54) is 0 Å². The minimum absolute atomic E-state index is 0.565. The van der Waals surface area contributed by atoms with Gasteiger partial charge in [-0.05, 0) is 11.8 Å². The van der Waals surface area contributed by atoms with E-state index in [0.717, 1.165) is 5.57 Å². The molecule has 0 spiro atoms. The fourth-order valence-corrected chi connectivity index (χ4v) is 0.657. The van der Waals surface area contributed by atoms with E-state index in [1.807, 2.05) is 0 Å². The Balaban J connectivity index is 3.72. The van der Waals surface area contributed by atoms with E-state index in [-0.39, 0.29) is 0 Å². The third-order valence-electron chi connectivity index (χ3n) is 1.91. The molecule has 1 heteroatoms. The minimum atomic E-state index is 0.565. The average molecular weight is 127 g/mol. The maximum atomic E-state index is 5.41. The number of nitrogens with two attached hydrogens (primary N) is 1. The van der Waals surface area contributed by atoms with Gasteiger partial charge in [-0.3, -0.25) is 0 Å². The molecule has 0 heterocycles. The second-order valence-electron chi connectivity index (χ2n) is 2.90. The van der Waals surface area contributed by atoms with E-state index in [4.69, 9.17) is 5.73 Å². The molecule has 0 bridgehead atoms. The van der Waals surface area contributed by atoms with Gasteiger partial charge in [-0.1, -0.05) is 32.9 Å². The summed E-state index contributed by atoms with van der Waals surface area (Å²) >= 11 is 0. The van der Waals surface area contributed by atoms with Crippen LogP contribution in [-0.4, -0.2) is 6.54 Å². The van der Waals surface area contributed by atoms with E-state index in [0.29, 0.717) is 18.4 Å². The van der Waals surface area contributed by atoms with Crippen LogP contribution in [0.3, 0.4) is 0 Å². The van der Waals surface area contributed by atoms with E-state index >= 15 is 0 Å². The molecule has 1 unspecified atom stereocenters. The molecule has 0 rings (SSSR count). The second-order valence-corrected chi connectivity index (χ2v) is 2.90. The van der Waals surface area contributed by atoms with Crippen LogP contribution in [0.5, 0.6) is 0 Å². The maximum Gasteiger partial charge on any atom is 0.0136 e. The van der Waals surface area contributed by atoms with Gasteiger partial charge in [-0.2, -0.15) is 0 Å². The van der Waals surface area contributed by atoms with Crippen LogP contribution in [-0.2, 0) is 0 Å². The van der Waals surface area contributed by atoms with Crippen LogP contribution in [0.15, 0.2) is 12.2 Å². The summed E-state index contributed by atoms with van der Waals surface area (Å²) in [5.41, 5.74) is 6.57. The van der Waals surface area contributed by atoms with Crippen LogP contribution in [0.4, 0.5) is 0 Å². The van der Waals surface area contributed by atoms with Gasteiger partial charge in [0.2, 0.25) is 0 Å². The predicted octanol–water partition coefficient (Wildman–Crippen LogP) is 1.79. The molecule has 1 nitrogen and oxygen atoms in total. The van der Waals surface area contributed by atoms with Crippen molar-refractivity contribution in [3.8, 4) is 0 Å². The quantitative estimate of drug-likeness (QED) is 0.575. The molecule has 0 fully saturated rings. The SMILES string of the molecule is C=C(CN)C(C)C(C)C. The molecular formula is C8H17N. The first-order valence-electron chi connectivity index (χ1n) is 3.47. The summed E-state index contributed by atoms with van der Waals surface area (Å²) in [6, 6.07) is 0. The second kappa shape index (κ2) is 3.67. The van der Waals surface area contributed by atoms with Gasteiger partial charge in [0, 0.05) is 6.54 Å². The average Bonchev–Trinajstić information content (AvgIpc) is 1.84. The monoisotopic (exact) mass is 127 g/mol. The first-order valence-corrected chi connectivity index (χ1v) is 3.47. The molecule has 0 saturated heterocycles. The third kappa shape index (κ3) is 2.66. The Morgan fingerprint density at radius 2 is 1.89 bits per heavy atom. The molecular weight excluding hydrogens is 110 g/mol. The van der Waals surface area contributed by atoms with Crippen LogP contribution in [0.2, 0.25) is 0 Å². The molecule has 0 aromatic rings.